The Morgan fingerprint density at radius 2 is 2.38 bits per heavy atom. The van der Waals surface area contributed by atoms with Gasteiger partial charge in [0.2, 0.25) is 5.91 Å². The zero-order valence-corrected chi connectivity index (χ0v) is 13.9. The van der Waals surface area contributed by atoms with E-state index in [2.05, 4.69) is 20.7 Å². The lowest BCUT2D eigenvalue weighted by Crippen LogP contribution is -2.49. The molecular formula is C16H17N5O2S. The number of H-pyrrole nitrogens is 1. The van der Waals surface area contributed by atoms with E-state index in [9.17, 15) is 9.59 Å². The monoisotopic (exact) mass is 343 g/mol. The van der Waals surface area contributed by atoms with Crippen LogP contribution in [0.15, 0.2) is 30.7 Å². The van der Waals surface area contributed by atoms with Gasteiger partial charge in [0.15, 0.2) is 0 Å². The number of hydrogen-bond acceptors (Lipinski definition) is 4. The predicted molar refractivity (Wildman–Crippen MR) is 90.8 cm³/mol. The second-order valence-corrected chi connectivity index (χ2v) is 7.06. The molecule has 4 heterocycles. The summed E-state index contributed by atoms with van der Waals surface area (Å²) in [5, 5.41) is 10.2. The molecular weight excluding hydrogens is 326 g/mol. The zero-order chi connectivity index (χ0) is 16.7. The highest BCUT2D eigenvalue weighted by molar-refractivity contribution is 7.20. The first-order valence-corrected chi connectivity index (χ1v) is 8.57. The summed E-state index contributed by atoms with van der Waals surface area (Å²) in [6.07, 6.45) is 6.47. The average molecular weight is 343 g/mol. The Morgan fingerprint density at radius 1 is 1.50 bits per heavy atom. The van der Waals surface area contributed by atoms with Crippen molar-refractivity contribution in [2.45, 2.75) is 24.9 Å². The summed E-state index contributed by atoms with van der Waals surface area (Å²) in [5.41, 5.74) is 1.86. The van der Waals surface area contributed by atoms with Crippen LogP contribution in [0.3, 0.4) is 0 Å². The van der Waals surface area contributed by atoms with E-state index in [0.29, 0.717) is 17.7 Å². The summed E-state index contributed by atoms with van der Waals surface area (Å²) in [5.74, 6) is -0.113. The van der Waals surface area contributed by atoms with Crippen molar-refractivity contribution < 1.29 is 9.59 Å². The van der Waals surface area contributed by atoms with Crippen LogP contribution in [0.2, 0.25) is 0 Å². The molecule has 8 heteroatoms. The van der Waals surface area contributed by atoms with Crippen molar-refractivity contribution >= 4 is 33.4 Å². The van der Waals surface area contributed by atoms with E-state index in [-0.39, 0.29) is 23.9 Å². The molecule has 7 nitrogen and oxygen atoms in total. The van der Waals surface area contributed by atoms with E-state index in [1.54, 1.807) is 10.9 Å². The van der Waals surface area contributed by atoms with Gasteiger partial charge in [0.1, 0.15) is 0 Å². The van der Waals surface area contributed by atoms with Crippen LogP contribution in [0.5, 0.6) is 0 Å². The van der Waals surface area contributed by atoms with Gasteiger partial charge in [-0.15, -0.1) is 11.3 Å². The lowest BCUT2D eigenvalue weighted by atomic mass is 9.93. The van der Waals surface area contributed by atoms with Crippen LogP contribution >= 0.6 is 11.3 Å². The molecule has 0 radical (unpaired) electrons. The predicted octanol–water partition coefficient (Wildman–Crippen LogP) is 1.71. The topological polar surface area (TPSA) is 91.8 Å². The van der Waals surface area contributed by atoms with Gasteiger partial charge in [0.25, 0.3) is 5.91 Å². The molecule has 3 aromatic rings. The molecule has 0 aromatic carbocycles. The molecule has 2 amide bonds. The third-order valence-electron chi connectivity index (χ3n) is 4.26. The Bertz CT molecular complexity index is 880. The lowest BCUT2D eigenvalue weighted by molar-refractivity contribution is -0.123. The molecule has 3 N–H and O–H groups in total. The van der Waals surface area contributed by atoms with E-state index >= 15 is 0 Å². The van der Waals surface area contributed by atoms with Crippen LogP contribution in [0.4, 0.5) is 0 Å². The van der Waals surface area contributed by atoms with Gasteiger partial charge < -0.3 is 15.6 Å². The second kappa shape index (κ2) is 5.79. The number of piperidine rings is 1. The minimum Gasteiger partial charge on any atom is -0.360 e. The molecule has 0 bridgehead atoms. The van der Waals surface area contributed by atoms with Crippen molar-refractivity contribution in [2.75, 3.05) is 0 Å². The number of thiophene rings is 1. The molecule has 0 saturated carbocycles. The number of aromatic amines is 1. The zero-order valence-electron chi connectivity index (χ0n) is 13.1. The van der Waals surface area contributed by atoms with E-state index in [4.69, 9.17) is 0 Å². The Hall–Kier alpha value is -2.61. The molecule has 1 fully saturated rings. The van der Waals surface area contributed by atoms with Crippen LogP contribution in [0, 0.1) is 0 Å². The van der Waals surface area contributed by atoms with Crippen LogP contribution in [-0.2, 0) is 11.8 Å². The highest BCUT2D eigenvalue weighted by Crippen LogP contribution is 2.27. The molecule has 1 aliphatic rings. The number of nitrogens with zero attached hydrogens (tertiary/aromatic N) is 2. The van der Waals surface area contributed by atoms with Gasteiger partial charge in [-0.1, -0.05) is 0 Å². The van der Waals surface area contributed by atoms with Crippen LogP contribution in [-0.4, -0.2) is 32.6 Å². The second-order valence-electron chi connectivity index (χ2n) is 5.98. The SMILES string of the molecule is Cn1cc([C@@H]2NC(=O)CC[C@H]2NC(=O)c2cc3[nH]ccc3s2)cn1. The van der Waals surface area contributed by atoms with E-state index in [1.807, 2.05) is 31.6 Å². The highest BCUT2D eigenvalue weighted by Gasteiger charge is 2.32. The molecule has 124 valence electrons. The van der Waals surface area contributed by atoms with Gasteiger partial charge in [0, 0.05) is 31.4 Å². The van der Waals surface area contributed by atoms with Gasteiger partial charge in [0.05, 0.1) is 33.4 Å². The number of aryl methyl sites for hydroxylation is 1. The van der Waals surface area contributed by atoms with E-state index < -0.39 is 0 Å². The van der Waals surface area contributed by atoms with Gasteiger partial charge >= 0.3 is 0 Å². The number of hydrogen-bond donors (Lipinski definition) is 3. The molecule has 1 aliphatic heterocycles. The number of nitrogens with one attached hydrogen (secondary N) is 3. The first kappa shape index (κ1) is 14.9. The number of aromatic nitrogens is 3. The van der Waals surface area contributed by atoms with E-state index in [0.717, 1.165) is 15.8 Å². The van der Waals surface area contributed by atoms with Crippen LogP contribution < -0.4 is 10.6 Å². The molecule has 2 atom stereocenters. The Balaban J connectivity index is 1.55. The minimum atomic E-state index is -0.256. The maximum Gasteiger partial charge on any atom is 0.261 e. The van der Waals surface area contributed by atoms with Gasteiger partial charge in [-0.3, -0.25) is 14.3 Å². The smallest absolute Gasteiger partial charge is 0.261 e. The number of rotatable bonds is 3. The van der Waals surface area contributed by atoms with Crippen molar-refractivity contribution in [1.82, 2.24) is 25.4 Å². The molecule has 24 heavy (non-hydrogen) atoms. The minimum absolute atomic E-state index is 0.00112. The molecule has 1 saturated heterocycles. The lowest BCUT2D eigenvalue weighted by Gasteiger charge is -2.32. The first-order chi connectivity index (χ1) is 11.6. The summed E-state index contributed by atoms with van der Waals surface area (Å²) in [6.45, 7) is 0. The van der Waals surface area contributed by atoms with Crippen LogP contribution in [0.1, 0.15) is 34.1 Å². The number of carbonyl (C=O) groups excluding carboxylic acids is 2. The Kier molecular flexibility index (Phi) is 3.61. The molecule has 0 aliphatic carbocycles. The fourth-order valence-corrected chi connectivity index (χ4v) is 4.00. The molecule has 4 rings (SSSR count). The third kappa shape index (κ3) is 2.69. The molecule has 0 unspecified atom stereocenters. The van der Waals surface area contributed by atoms with Gasteiger partial charge in [-0.2, -0.15) is 5.10 Å². The molecule has 0 spiro atoms. The summed E-state index contributed by atoms with van der Waals surface area (Å²) >= 11 is 1.46. The van der Waals surface area contributed by atoms with Crippen molar-refractivity contribution in [3.63, 3.8) is 0 Å². The first-order valence-electron chi connectivity index (χ1n) is 7.76. The maximum absolute atomic E-state index is 12.6. The Labute approximate surface area is 142 Å². The van der Waals surface area contributed by atoms with Crippen molar-refractivity contribution in [1.29, 1.82) is 0 Å². The number of amides is 2. The summed E-state index contributed by atoms with van der Waals surface area (Å²) in [4.78, 5) is 28.1. The Morgan fingerprint density at radius 3 is 3.12 bits per heavy atom. The van der Waals surface area contributed by atoms with Crippen molar-refractivity contribution in [2.24, 2.45) is 7.05 Å². The number of fused-ring (bicyclic) bond motifs is 1. The quantitative estimate of drug-likeness (QED) is 0.676. The standard InChI is InChI=1S/C16H17N5O2S/c1-21-8-9(7-18-21)15-10(2-3-14(22)20-15)19-16(23)13-6-11-12(24-13)4-5-17-11/h4-8,10,15,17H,2-3H2,1H3,(H,19,23)(H,20,22)/t10-,15+/m1/s1. The van der Waals surface area contributed by atoms with Crippen molar-refractivity contribution in [3.05, 3.63) is 41.2 Å². The molecule has 3 aromatic heterocycles. The number of carbonyl (C=O) groups is 2. The maximum atomic E-state index is 12.6. The average Bonchev–Trinajstić information content (AvgIpc) is 3.24. The highest BCUT2D eigenvalue weighted by atomic mass is 32.1. The van der Waals surface area contributed by atoms with E-state index in [1.165, 1.54) is 11.3 Å². The normalized spacial score (nSPS) is 21.0. The summed E-state index contributed by atoms with van der Waals surface area (Å²) in [6, 6.07) is 3.40. The fourth-order valence-electron chi connectivity index (χ4n) is 3.07. The van der Waals surface area contributed by atoms with Gasteiger partial charge in [-0.05, 0) is 18.6 Å². The van der Waals surface area contributed by atoms with Crippen molar-refractivity contribution in [3.8, 4) is 0 Å². The van der Waals surface area contributed by atoms with Crippen LogP contribution in [0.25, 0.3) is 10.2 Å². The van der Waals surface area contributed by atoms with Gasteiger partial charge in [-0.25, -0.2) is 0 Å². The summed E-state index contributed by atoms with van der Waals surface area (Å²) < 4.78 is 2.75. The largest absolute Gasteiger partial charge is 0.360 e. The summed E-state index contributed by atoms with van der Waals surface area (Å²) in [7, 11) is 1.83. The fraction of sp³-hybridized carbons (Fsp3) is 0.312. The third-order valence-corrected chi connectivity index (χ3v) is 5.36.